The molecule has 1 saturated carbocycles. The highest BCUT2D eigenvalue weighted by Gasteiger charge is 2.28. The largest absolute Gasteiger partial charge is 0.378 e. The number of benzene rings is 1. The number of morpholine rings is 1. The molecule has 0 radical (unpaired) electrons. The van der Waals surface area contributed by atoms with Crippen LogP contribution in [-0.4, -0.2) is 31.7 Å². The number of nitrogens with one attached hydrogen (secondary N) is 2. The van der Waals surface area contributed by atoms with Gasteiger partial charge in [-0.15, -0.1) is 0 Å². The maximum Gasteiger partial charge on any atom is 0.222 e. The lowest BCUT2D eigenvalue weighted by molar-refractivity contribution is -0.123. The van der Waals surface area contributed by atoms with Gasteiger partial charge in [0.2, 0.25) is 5.91 Å². The van der Waals surface area contributed by atoms with E-state index in [0.717, 1.165) is 24.9 Å². The second kappa shape index (κ2) is 7.88. The Kier molecular flexibility index (Phi) is 5.62. The molecule has 1 aliphatic carbocycles. The summed E-state index contributed by atoms with van der Waals surface area (Å²) in [7, 11) is 0. The van der Waals surface area contributed by atoms with Crippen LogP contribution in [0.25, 0.3) is 0 Å². The number of halogens is 1. The Balaban J connectivity index is 1.66. The minimum Gasteiger partial charge on any atom is -0.378 e. The Morgan fingerprint density at radius 2 is 2.22 bits per heavy atom. The van der Waals surface area contributed by atoms with Crippen molar-refractivity contribution in [3.05, 3.63) is 35.6 Å². The van der Waals surface area contributed by atoms with Gasteiger partial charge in [-0.2, -0.15) is 0 Å². The van der Waals surface area contributed by atoms with Crippen LogP contribution in [0.2, 0.25) is 0 Å². The Labute approximate surface area is 136 Å². The molecule has 1 aliphatic heterocycles. The van der Waals surface area contributed by atoms with Gasteiger partial charge in [0, 0.05) is 19.0 Å². The minimum absolute atomic E-state index is 0.00848. The zero-order valence-electron chi connectivity index (χ0n) is 13.4. The van der Waals surface area contributed by atoms with Gasteiger partial charge in [-0.05, 0) is 36.5 Å². The summed E-state index contributed by atoms with van der Waals surface area (Å²) in [4.78, 5) is 12.4. The van der Waals surface area contributed by atoms with Crippen molar-refractivity contribution in [2.75, 3.05) is 19.8 Å². The Morgan fingerprint density at radius 3 is 2.91 bits per heavy atom. The molecule has 126 valence electrons. The lowest BCUT2D eigenvalue weighted by Gasteiger charge is -2.28. The Hall–Kier alpha value is -1.46. The fourth-order valence-corrected chi connectivity index (χ4v) is 3.67. The van der Waals surface area contributed by atoms with Gasteiger partial charge in [-0.25, -0.2) is 4.39 Å². The quantitative estimate of drug-likeness (QED) is 0.876. The number of amides is 1. The molecular formula is C18H25FN2O2. The van der Waals surface area contributed by atoms with E-state index >= 15 is 0 Å². The topological polar surface area (TPSA) is 50.4 Å². The molecule has 1 aromatic carbocycles. The van der Waals surface area contributed by atoms with Crippen LogP contribution in [0.15, 0.2) is 24.3 Å². The maximum absolute atomic E-state index is 13.6. The van der Waals surface area contributed by atoms with Gasteiger partial charge >= 0.3 is 0 Å². The van der Waals surface area contributed by atoms with Crippen LogP contribution in [-0.2, 0) is 9.53 Å². The van der Waals surface area contributed by atoms with Gasteiger partial charge < -0.3 is 15.4 Å². The second-order valence-electron chi connectivity index (χ2n) is 6.57. The summed E-state index contributed by atoms with van der Waals surface area (Å²) in [6.45, 7) is 2.06. The van der Waals surface area contributed by atoms with Crippen molar-refractivity contribution >= 4 is 5.91 Å². The van der Waals surface area contributed by atoms with Crippen LogP contribution in [0.1, 0.15) is 43.7 Å². The lowest BCUT2D eigenvalue weighted by Crippen LogP contribution is -2.45. The third-order valence-electron chi connectivity index (χ3n) is 4.83. The van der Waals surface area contributed by atoms with E-state index in [4.69, 9.17) is 4.74 Å². The van der Waals surface area contributed by atoms with Gasteiger partial charge in [-0.1, -0.05) is 25.0 Å². The molecule has 3 rings (SSSR count). The Morgan fingerprint density at radius 1 is 1.39 bits per heavy atom. The zero-order chi connectivity index (χ0) is 16.1. The molecule has 1 aromatic rings. The lowest BCUT2D eigenvalue weighted by atomic mass is 9.91. The van der Waals surface area contributed by atoms with Crippen molar-refractivity contribution in [1.29, 1.82) is 0 Å². The van der Waals surface area contributed by atoms with E-state index in [0.29, 0.717) is 25.6 Å². The molecular weight excluding hydrogens is 295 g/mol. The third kappa shape index (κ3) is 4.52. The van der Waals surface area contributed by atoms with Gasteiger partial charge in [0.05, 0.1) is 19.3 Å². The molecule has 0 aromatic heterocycles. The number of hydrogen-bond donors (Lipinski definition) is 2. The maximum atomic E-state index is 13.6. The van der Waals surface area contributed by atoms with Crippen molar-refractivity contribution in [1.82, 2.24) is 10.6 Å². The molecule has 4 nitrogen and oxygen atoms in total. The van der Waals surface area contributed by atoms with E-state index in [-0.39, 0.29) is 23.8 Å². The predicted octanol–water partition coefficient (Wildman–Crippen LogP) is 2.55. The Bertz CT molecular complexity index is 526. The SMILES string of the molecule is O=C(CC1COCCN1)NC(c1cccc(F)c1)C1CCCC1. The molecule has 2 unspecified atom stereocenters. The normalized spacial score (nSPS) is 23.6. The van der Waals surface area contributed by atoms with Gasteiger partial charge in [0.25, 0.3) is 0 Å². The predicted molar refractivity (Wildman–Crippen MR) is 86.5 cm³/mol. The van der Waals surface area contributed by atoms with Gasteiger partial charge in [0.15, 0.2) is 0 Å². The summed E-state index contributed by atoms with van der Waals surface area (Å²) >= 11 is 0. The smallest absolute Gasteiger partial charge is 0.222 e. The molecule has 2 fully saturated rings. The first-order valence-electron chi connectivity index (χ1n) is 8.58. The summed E-state index contributed by atoms with van der Waals surface area (Å²) in [5.41, 5.74) is 0.873. The first kappa shape index (κ1) is 16.4. The average molecular weight is 320 g/mol. The van der Waals surface area contributed by atoms with Crippen molar-refractivity contribution in [2.24, 2.45) is 5.92 Å². The molecule has 1 saturated heterocycles. The van der Waals surface area contributed by atoms with Crippen molar-refractivity contribution in [2.45, 2.75) is 44.2 Å². The van der Waals surface area contributed by atoms with Crippen LogP contribution >= 0.6 is 0 Å². The van der Waals surface area contributed by atoms with E-state index in [2.05, 4.69) is 10.6 Å². The van der Waals surface area contributed by atoms with Gasteiger partial charge in [0.1, 0.15) is 5.82 Å². The van der Waals surface area contributed by atoms with Crippen molar-refractivity contribution < 1.29 is 13.9 Å². The summed E-state index contributed by atoms with van der Waals surface area (Å²) in [5.74, 6) is 0.160. The molecule has 1 heterocycles. The van der Waals surface area contributed by atoms with E-state index in [1.54, 1.807) is 12.1 Å². The summed E-state index contributed by atoms with van der Waals surface area (Å²) in [6.07, 6.45) is 4.95. The van der Waals surface area contributed by atoms with Crippen LogP contribution in [0.3, 0.4) is 0 Å². The summed E-state index contributed by atoms with van der Waals surface area (Å²) in [5, 5.41) is 6.44. The molecule has 0 spiro atoms. The van der Waals surface area contributed by atoms with Crippen LogP contribution in [0, 0.1) is 11.7 Å². The van der Waals surface area contributed by atoms with Crippen LogP contribution in [0.4, 0.5) is 4.39 Å². The number of rotatable bonds is 5. The number of ether oxygens (including phenoxy) is 1. The fourth-order valence-electron chi connectivity index (χ4n) is 3.67. The highest BCUT2D eigenvalue weighted by molar-refractivity contribution is 5.77. The van der Waals surface area contributed by atoms with Gasteiger partial charge in [-0.3, -0.25) is 4.79 Å². The zero-order valence-corrected chi connectivity index (χ0v) is 13.4. The summed E-state index contributed by atoms with van der Waals surface area (Å²) < 4.78 is 19.0. The molecule has 23 heavy (non-hydrogen) atoms. The number of carbonyl (C=O) groups excluding carboxylic acids is 1. The highest BCUT2D eigenvalue weighted by Crippen LogP contribution is 2.36. The first-order chi connectivity index (χ1) is 11.2. The van der Waals surface area contributed by atoms with E-state index < -0.39 is 0 Å². The fraction of sp³-hybridized carbons (Fsp3) is 0.611. The molecule has 1 amide bonds. The third-order valence-corrected chi connectivity index (χ3v) is 4.83. The van der Waals surface area contributed by atoms with Crippen LogP contribution in [0.5, 0.6) is 0 Å². The second-order valence-corrected chi connectivity index (χ2v) is 6.57. The first-order valence-corrected chi connectivity index (χ1v) is 8.58. The molecule has 2 N–H and O–H groups in total. The van der Waals surface area contributed by atoms with Crippen LogP contribution < -0.4 is 10.6 Å². The average Bonchev–Trinajstić information content (AvgIpc) is 3.08. The molecule has 5 heteroatoms. The highest BCUT2D eigenvalue weighted by atomic mass is 19.1. The van der Waals surface area contributed by atoms with Crippen molar-refractivity contribution in [3.8, 4) is 0 Å². The number of hydrogen-bond acceptors (Lipinski definition) is 3. The standard InChI is InChI=1S/C18H25FN2O2/c19-15-7-3-6-14(10-15)18(13-4-1-2-5-13)21-17(22)11-16-12-23-9-8-20-16/h3,6-7,10,13,16,18,20H,1-2,4-5,8-9,11-12H2,(H,21,22). The minimum atomic E-state index is -0.248. The number of carbonyl (C=O) groups is 1. The van der Waals surface area contributed by atoms with Crippen molar-refractivity contribution in [3.63, 3.8) is 0 Å². The van der Waals surface area contributed by atoms with E-state index in [1.807, 2.05) is 6.07 Å². The molecule has 2 atom stereocenters. The summed E-state index contributed by atoms with van der Waals surface area (Å²) in [6, 6.07) is 6.60. The molecule has 2 aliphatic rings. The van der Waals surface area contributed by atoms with E-state index in [9.17, 15) is 9.18 Å². The molecule has 0 bridgehead atoms. The van der Waals surface area contributed by atoms with E-state index in [1.165, 1.54) is 18.9 Å². The monoisotopic (exact) mass is 320 g/mol.